The summed E-state index contributed by atoms with van der Waals surface area (Å²) in [6, 6.07) is 4.71. The van der Waals surface area contributed by atoms with Gasteiger partial charge in [-0.2, -0.15) is 5.10 Å². The number of carbonyl (C=O) groups excluding carboxylic acids is 2. The van der Waals surface area contributed by atoms with E-state index in [1.807, 2.05) is 6.92 Å². The Morgan fingerprint density at radius 3 is 2.77 bits per heavy atom. The van der Waals surface area contributed by atoms with E-state index >= 15 is 4.39 Å². The lowest BCUT2D eigenvalue weighted by atomic mass is 9.79. The van der Waals surface area contributed by atoms with E-state index in [4.69, 9.17) is 14.5 Å². The third-order valence-electron chi connectivity index (χ3n) is 7.93. The maximum absolute atomic E-state index is 16.0. The number of fused-ring (bicyclic) bond motifs is 1. The molecule has 1 aromatic carbocycles. The highest BCUT2D eigenvalue weighted by atomic mass is 19.1. The number of hydrogen-bond acceptors (Lipinski definition) is 6. The molecule has 9 nitrogen and oxygen atoms in total. The molecule has 1 atom stereocenters. The molecule has 0 radical (unpaired) electrons. The van der Waals surface area contributed by atoms with E-state index in [-0.39, 0.29) is 36.1 Å². The molecule has 2 aliphatic rings. The van der Waals surface area contributed by atoms with Crippen LogP contribution < -0.4 is 5.32 Å². The molecule has 39 heavy (non-hydrogen) atoms. The van der Waals surface area contributed by atoms with Gasteiger partial charge in [0.25, 0.3) is 5.91 Å². The zero-order valence-electron chi connectivity index (χ0n) is 22.8. The SMILES string of the molecule is CCOC(=O)C1=C(c2ccc3[nH]c([C@@H](NC(=O)c4ccnn4CC)[C@H]4CC[C@H](C)CC4)nc3c2F)COCC1. The van der Waals surface area contributed by atoms with E-state index in [1.165, 1.54) is 0 Å². The van der Waals surface area contributed by atoms with Gasteiger partial charge in [0.2, 0.25) is 0 Å². The van der Waals surface area contributed by atoms with Crippen molar-refractivity contribution < 1.29 is 23.5 Å². The van der Waals surface area contributed by atoms with Crippen LogP contribution in [0.25, 0.3) is 16.6 Å². The van der Waals surface area contributed by atoms with E-state index in [0.717, 1.165) is 25.7 Å². The summed E-state index contributed by atoms with van der Waals surface area (Å²) in [4.78, 5) is 33.9. The van der Waals surface area contributed by atoms with Gasteiger partial charge in [0.1, 0.15) is 17.0 Å². The summed E-state index contributed by atoms with van der Waals surface area (Å²) in [6.45, 7) is 7.25. The molecular formula is C29H36FN5O4. The largest absolute Gasteiger partial charge is 0.463 e. The molecule has 5 rings (SSSR count). The molecule has 1 aliphatic heterocycles. The maximum atomic E-state index is 16.0. The van der Waals surface area contributed by atoms with Crippen molar-refractivity contribution >= 4 is 28.5 Å². The summed E-state index contributed by atoms with van der Waals surface area (Å²) in [5, 5.41) is 7.41. The number of nitrogens with one attached hydrogen (secondary N) is 2. The first-order valence-corrected chi connectivity index (χ1v) is 13.9. The molecule has 0 unspecified atom stereocenters. The maximum Gasteiger partial charge on any atom is 0.334 e. The van der Waals surface area contributed by atoms with Gasteiger partial charge in [-0.1, -0.05) is 19.8 Å². The minimum Gasteiger partial charge on any atom is -0.463 e. The number of carbonyl (C=O) groups is 2. The number of hydrogen-bond donors (Lipinski definition) is 2. The van der Waals surface area contributed by atoms with E-state index in [0.29, 0.717) is 53.7 Å². The summed E-state index contributed by atoms with van der Waals surface area (Å²) in [7, 11) is 0. The number of aromatic amines is 1. The molecule has 1 saturated carbocycles. The Balaban J connectivity index is 1.52. The Labute approximate surface area is 227 Å². The summed E-state index contributed by atoms with van der Waals surface area (Å²) in [5.41, 5.74) is 2.39. The minimum atomic E-state index is -0.524. The second-order valence-electron chi connectivity index (χ2n) is 10.4. The average molecular weight is 538 g/mol. The van der Waals surface area contributed by atoms with Crippen molar-refractivity contribution in [2.24, 2.45) is 11.8 Å². The number of amides is 1. The number of esters is 1. The first kappa shape index (κ1) is 27.1. The van der Waals surface area contributed by atoms with E-state index in [9.17, 15) is 9.59 Å². The molecule has 0 saturated heterocycles. The lowest BCUT2D eigenvalue weighted by Crippen LogP contribution is -2.36. The van der Waals surface area contributed by atoms with E-state index in [2.05, 4.69) is 22.3 Å². The van der Waals surface area contributed by atoms with E-state index < -0.39 is 17.8 Å². The number of aryl methyl sites for hydroxylation is 1. The van der Waals surface area contributed by atoms with Crippen LogP contribution >= 0.6 is 0 Å². The summed E-state index contributed by atoms with van der Waals surface area (Å²) >= 11 is 0. The van der Waals surface area contributed by atoms with Gasteiger partial charge >= 0.3 is 5.97 Å². The number of benzene rings is 1. The predicted octanol–water partition coefficient (Wildman–Crippen LogP) is 4.95. The van der Waals surface area contributed by atoms with Crippen LogP contribution in [0.2, 0.25) is 0 Å². The van der Waals surface area contributed by atoms with Gasteiger partial charge in [0.05, 0.1) is 31.4 Å². The molecule has 10 heteroatoms. The van der Waals surface area contributed by atoms with Crippen LogP contribution in [-0.2, 0) is 20.8 Å². The number of aromatic nitrogens is 4. The van der Waals surface area contributed by atoms with Crippen LogP contribution in [0.15, 0.2) is 30.0 Å². The highest BCUT2D eigenvalue weighted by Gasteiger charge is 2.32. The Morgan fingerprint density at radius 1 is 1.23 bits per heavy atom. The van der Waals surface area contributed by atoms with Gasteiger partial charge in [-0.15, -0.1) is 0 Å². The van der Waals surface area contributed by atoms with Gasteiger partial charge < -0.3 is 19.8 Å². The number of nitrogens with zero attached hydrogens (tertiary/aromatic N) is 3. The van der Waals surface area contributed by atoms with E-state index in [1.54, 1.807) is 36.0 Å². The minimum absolute atomic E-state index is 0.123. The third-order valence-corrected chi connectivity index (χ3v) is 7.93. The molecule has 1 amide bonds. The quantitative estimate of drug-likeness (QED) is 0.393. The molecule has 3 heterocycles. The second-order valence-corrected chi connectivity index (χ2v) is 10.4. The van der Waals surface area contributed by atoms with Crippen molar-refractivity contribution in [2.45, 2.75) is 65.5 Å². The lowest BCUT2D eigenvalue weighted by Gasteiger charge is -2.32. The van der Waals surface area contributed by atoms with Crippen molar-refractivity contribution in [3.63, 3.8) is 0 Å². The summed E-state index contributed by atoms with van der Waals surface area (Å²) < 4.78 is 28.4. The van der Waals surface area contributed by atoms with Crippen LogP contribution in [0.5, 0.6) is 0 Å². The van der Waals surface area contributed by atoms with Crippen molar-refractivity contribution in [3.05, 3.63) is 52.9 Å². The molecule has 3 aromatic rings. The Kier molecular flexibility index (Phi) is 8.11. The van der Waals surface area contributed by atoms with Crippen molar-refractivity contribution in [1.82, 2.24) is 25.1 Å². The van der Waals surface area contributed by atoms with Crippen molar-refractivity contribution in [1.29, 1.82) is 0 Å². The number of rotatable bonds is 8. The van der Waals surface area contributed by atoms with Gasteiger partial charge in [0.15, 0.2) is 5.82 Å². The predicted molar refractivity (Wildman–Crippen MR) is 144 cm³/mol. The molecule has 2 N–H and O–H groups in total. The monoisotopic (exact) mass is 537 g/mol. The average Bonchev–Trinajstić information content (AvgIpc) is 3.60. The van der Waals surface area contributed by atoms with Crippen LogP contribution in [0.3, 0.4) is 0 Å². The first-order valence-electron chi connectivity index (χ1n) is 13.9. The Hall–Kier alpha value is -3.53. The number of imidazole rings is 1. The zero-order valence-corrected chi connectivity index (χ0v) is 22.8. The van der Waals surface area contributed by atoms with Crippen LogP contribution in [0.1, 0.15) is 80.8 Å². The molecule has 0 bridgehead atoms. The molecule has 2 aromatic heterocycles. The normalized spacial score (nSPS) is 20.7. The Bertz CT molecular complexity index is 1390. The number of H-pyrrole nitrogens is 1. The fraction of sp³-hybridized carbons (Fsp3) is 0.517. The highest BCUT2D eigenvalue weighted by molar-refractivity contribution is 5.99. The lowest BCUT2D eigenvalue weighted by molar-refractivity contribution is -0.138. The fourth-order valence-electron chi connectivity index (χ4n) is 5.73. The van der Waals surface area contributed by atoms with Gasteiger partial charge in [0, 0.05) is 30.3 Å². The van der Waals surface area contributed by atoms with Gasteiger partial charge in [-0.3, -0.25) is 9.48 Å². The van der Waals surface area contributed by atoms with Crippen molar-refractivity contribution in [3.8, 4) is 0 Å². The first-order chi connectivity index (χ1) is 18.9. The standard InChI is InChI=1S/C29H36FN5O4/c1-4-35-23(12-14-31-35)28(36)34-25(18-8-6-17(3)7-9-18)27-32-22-11-10-19(24(30)26(22)33-27)21-16-38-15-13-20(21)29(37)39-5-2/h10-12,14,17-18,25H,4-9,13,15-16H2,1-3H3,(H,32,33)(H,34,36)/t17-,18-,25-/m0/s1. The van der Waals surface area contributed by atoms with Crippen LogP contribution in [0.4, 0.5) is 4.39 Å². The molecule has 208 valence electrons. The number of halogens is 1. The van der Waals surface area contributed by atoms with Crippen LogP contribution in [-0.4, -0.2) is 51.4 Å². The Morgan fingerprint density at radius 2 is 2.03 bits per heavy atom. The molecular weight excluding hydrogens is 501 g/mol. The van der Waals surface area contributed by atoms with Gasteiger partial charge in [-0.25, -0.2) is 14.2 Å². The summed E-state index contributed by atoms with van der Waals surface area (Å²) in [5.74, 6) is 0.118. The topological polar surface area (TPSA) is 111 Å². The highest BCUT2D eigenvalue weighted by Crippen LogP contribution is 2.38. The van der Waals surface area contributed by atoms with Crippen LogP contribution in [0, 0.1) is 17.7 Å². The molecule has 0 spiro atoms. The third kappa shape index (κ3) is 5.48. The summed E-state index contributed by atoms with van der Waals surface area (Å²) in [6.07, 6.45) is 5.98. The molecule has 1 fully saturated rings. The molecule has 1 aliphatic carbocycles. The van der Waals surface area contributed by atoms with Gasteiger partial charge in [-0.05, 0) is 62.3 Å². The van der Waals surface area contributed by atoms with Crippen molar-refractivity contribution in [2.75, 3.05) is 19.8 Å². The zero-order chi connectivity index (χ0) is 27.5. The number of ether oxygens (including phenoxy) is 2. The fourth-order valence-corrected chi connectivity index (χ4v) is 5.73. The smallest absolute Gasteiger partial charge is 0.334 e. The second kappa shape index (κ2) is 11.7.